The Balaban J connectivity index is 1.52. The van der Waals surface area contributed by atoms with Gasteiger partial charge in [-0.25, -0.2) is 9.69 Å². The quantitative estimate of drug-likeness (QED) is 0.121. The molecule has 2 aliphatic carbocycles. The first-order valence-electron chi connectivity index (χ1n) is 17.2. The summed E-state index contributed by atoms with van der Waals surface area (Å²) in [4.78, 5) is 61.3. The van der Waals surface area contributed by atoms with Gasteiger partial charge in [0.1, 0.15) is 11.5 Å². The van der Waals surface area contributed by atoms with Crippen LogP contribution in [0.15, 0.2) is 133 Å². The number of fused-ring (bicyclic) bond motifs is 5. The van der Waals surface area contributed by atoms with Crippen LogP contribution in [0.1, 0.15) is 39.5 Å². The number of amides is 2. The molecule has 8 heteroatoms. The van der Waals surface area contributed by atoms with Gasteiger partial charge in [-0.3, -0.25) is 14.4 Å². The normalized spacial score (nSPS) is 23.2. The molecular weight excluding hydrogens is 654 g/mol. The lowest BCUT2D eigenvalue weighted by Crippen LogP contribution is -2.46. The Morgan fingerprint density at radius 1 is 0.596 bits per heavy atom. The highest BCUT2D eigenvalue weighted by Gasteiger charge is 2.82. The molecule has 258 valence electrons. The van der Waals surface area contributed by atoms with Gasteiger partial charge in [0.2, 0.25) is 11.8 Å². The number of carbonyl (C=O) groups excluding carboxylic acids is 4. The fourth-order valence-corrected chi connectivity index (χ4v) is 8.93. The summed E-state index contributed by atoms with van der Waals surface area (Å²) in [6.45, 7) is 1.81. The van der Waals surface area contributed by atoms with Gasteiger partial charge in [-0.05, 0) is 76.7 Å². The number of imide groups is 1. The van der Waals surface area contributed by atoms with E-state index in [0.717, 1.165) is 4.90 Å². The molecule has 0 spiro atoms. The molecule has 5 aromatic rings. The Kier molecular flexibility index (Phi) is 7.90. The summed E-state index contributed by atoms with van der Waals surface area (Å²) >= 11 is 0. The summed E-state index contributed by atoms with van der Waals surface area (Å²) in [7, 11) is 3.17. The highest BCUT2D eigenvalue weighted by Crippen LogP contribution is 2.74. The smallest absolute Gasteiger partial charge is 0.340 e. The number of para-hydroxylation sites is 1. The van der Waals surface area contributed by atoms with Crippen molar-refractivity contribution in [2.75, 3.05) is 25.7 Å². The van der Waals surface area contributed by atoms with Crippen molar-refractivity contribution in [2.24, 2.45) is 11.8 Å². The molecule has 4 atom stereocenters. The summed E-state index contributed by atoms with van der Waals surface area (Å²) in [6.07, 6.45) is 0. The SMILES string of the molecule is CCOC(=O)c1ccccc1N1C(=O)[C@@H]2[C@H](C1=O)[C@@]1(c3ccccc3)C(=O)[C@@]2(c2ccccc2)C(c2ccc(OC)cc2)=C1c1ccc(OC)cc1. The van der Waals surface area contributed by atoms with Crippen LogP contribution in [0.2, 0.25) is 0 Å². The van der Waals surface area contributed by atoms with Crippen molar-refractivity contribution < 1.29 is 33.4 Å². The van der Waals surface area contributed by atoms with Crippen LogP contribution in [0.4, 0.5) is 5.69 Å². The van der Waals surface area contributed by atoms with E-state index in [2.05, 4.69) is 0 Å². The first kappa shape index (κ1) is 32.9. The van der Waals surface area contributed by atoms with E-state index in [4.69, 9.17) is 14.2 Å². The summed E-state index contributed by atoms with van der Waals surface area (Å²) in [5.74, 6) is -3.05. The molecule has 2 bridgehead atoms. The molecule has 2 amide bonds. The third-order valence-electron chi connectivity index (χ3n) is 10.9. The maximum Gasteiger partial charge on any atom is 0.340 e. The van der Waals surface area contributed by atoms with Gasteiger partial charge < -0.3 is 14.2 Å². The Bertz CT molecular complexity index is 2130. The monoisotopic (exact) mass is 689 g/mol. The number of carbonyl (C=O) groups is 4. The molecule has 1 saturated carbocycles. The molecule has 0 N–H and O–H groups in total. The fourth-order valence-electron chi connectivity index (χ4n) is 8.93. The number of nitrogens with zero attached hydrogens (tertiary/aromatic N) is 1. The largest absolute Gasteiger partial charge is 0.497 e. The van der Waals surface area contributed by atoms with E-state index in [-0.39, 0.29) is 23.6 Å². The zero-order chi connectivity index (χ0) is 36.2. The lowest BCUT2D eigenvalue weighted by molar-refractivity contribution is -0.130. The number of rotatable bonds is 9. The van der Waals surface area contributed by atoms with Gasteiger partial charge in [-0.15, -0.1) is 0 Å². The van der Waals surface area contributed by atoms with Crippen LogP contribution in [-0.4, -0.2) is 44.4 Å². The Morgan fingerprint density at radius 3 is 1.44 bits per heavy atom. The first-order chi connectivity index (χ1) is 25.3. The van der Waals surface area contributed by atoms with Gasteiger partial charge in [0, 0.05) is 0 Å². The van der Waals surface area contributed by atoms with Crippen LogP contribution < -0.4 is 14.4 Å². The van der Waals surface area contributed by atoms with Crippen molar-refractivity contribution in [3.8, 4) is 11.5 Å². The summed E-state index contributed by atoms with van der Waals surface area (Å²) in [5.41, 5.74) is 0.917. The van der Waals surface area contributed by atoms with Gasteiger partial charge in [0.05, 0.1) is 54.7 Å². The molecule has 8 rings (SSSR count). The molecule has 1 saturated heterocycles. The minimum atomic E-state index is -1.61. The number of ketones is 1. The van der Waals surface area contributed by atoms with Crippen LogP contribution >= 0.6 is 0 Å². The lowest BCUT2D eigenvalue weighted by atomic mass is 9.59. The molecule has 1 heterocycles. The number of esters is 1. The predicted octanol–water partition coefficient (Wildman–Crippen LogP) is 7.07. The minimum absolute atomic E-state index is 0.0888. The second-order valence-corrected chi connectivity index (χ2v) is 13.1. The molecule has 3 aliphatic rings. The maximum atomic E-state index is 16.1. The van der Waals surface area contributed by atoms with Gasteiger partial charge in [0.25, 0.3) is 0 Å². The average Bonchev–Trinajstić information content (AvgIpc) is 3.70. The van der Waals surface area contributed by atoms with Crippen molar-refractivity contribution in [3.63, 3.8) is 0 Å². The second-order valence-electron chi connectivity index (χ2n) is 13.1. The summed E-state index contributed by atoms with van der Waals surface area (Å²) < 4.78 is 16.4. The third-order valence-corrected chi connectivity index (χ3v) is 10.9. The molecule has 8 nitrogen and oxygen atoms in total. The zero-order valence-corrected chi connectivity index (χ0v) is 28.9. The summed E-state index contributed by atoms with van der Waals surface area (Å²) in [6, 6.07) is 40.0. The third kappa shape index (κ3) is 4.33. The number of anilines is 1. The number of benzene rings is 5. The van der Waals surface area contributed by atoms with Crippen molar-refractivity contribution >= 4 is 40.4 Å². The molecule has 0 radical (unpaired) electrons. The molecule has 0 aromatic heterocycles. The van der Waals surface area contributed by atoms with Gasteiger partial charge in [-0.1, -0.05) is 97.1 Å². The first-order valence-corrected chi connectivity index (χ1v) is 17.2. The number of hydrogen-bond donors (Lipinski definition) is 0. The van der Waals surface area contributed by atoms with Crippen molar-refractivity contribution in [1.29, 1.82) is 0 Å². The second kappa shape index (κ2) is 12.5. The topological polar surface area (TPSA) is 99.2 Å². The van der Waals surface area contributed by atoms with Crippen molar-refractivity contribution in [3.05, 3.63) is 161 Å². The van der Waals surface area contributed by atoms with E-state index in [1.165, 1.54) is 0 Å². The minimum Gasteiger partial charge on any atom is -0.497 e. The van der Waals surface area contributed by atoms with Crippen LogP contribution in [0.25, 0.3) is 11.1 Å². The molecule has 1 aliphatic heterocycles. The number of methoxy groups -OCH3 is 2. The molecule has 2 fully saturated rings. The Morgan fingerprint density at radius 2 is 1.02 bits per heavy atom. The number of hydrogen-bond acceptors (Lipinski definition) is 7. The summed E-state index contributed by atoms with van der Waals surface area (Å²) in [5, 5.41) is 0. The molecule has 52 heavy (non-hydrogen) atoms. The standard InChI is InChI=1S/C44H35NO7/c1-4-52-41(48)33-17-11-12-18-34(33)45-39(46)37-38(40(45)47)44(30-15-9-6-10-16-30)36(28-21-25-32(51-3)26-22-28)35(27-19-23-31(50-2)24-20-27)43(37,42(44)49)29-13-7-5-8-14-29/h5-26,37-38H,4H2,1-3H3/t37-,38+,43-,44-/m0/s1. The molecule has 0 unspecified atom stereocenters. The predicted molar refractivity (Wildman–Crippen MR) is 196 cm³/mol. The van der Waals surface area contributed by atoms with Gasteiger partial charge >= 0.3 is 5.97 Å². The zero-order valence-electron chi connectivity index (χ0n) is 28.9. The van der Waals surface area contributed by atoms with Crippen LogP contribution in [0, 0.1) is 11.8 Å². The highest BCUT2D eigenvalue weighted by atomic mass is 16.5. The number of ether oxygens (including phenoxy) is 3. The maximum absolute atomic E-state index is 16.1. The number of Topliss-reactive ketones (excluding diaryl/α,β-unsaturated/α-hetero) is 1. The van der Waals surface area contributed by atoms with Gasteiger partial charge in [-0.2, -0.15) is 0 Å². The lowest BCUT2D eigenvalue weighted by Gasteiger charge is -2.39. The Labute approximate surface area is 301 Å². The van der Waals surface area contributed by atoms with E-state index in [1.807, 2.05) is 109 Å². The van der Waals surface area contributed by atoms with E-state index in [0.29, 0.717) is 44.9 Å². The number of allylic oxidation sites excluding steroid dienone is 2. The molecule has 5 aromatic carbocycles. The van der Waals surface area contributed by atoms with Crippen LogP contribution in [0.3, 0.4) is 0 Å². The van der Waals surface area contributed by atoms with Crippen molar-refractivity contribution in [2.45, 2.75) is 17.8 Å². The van der Waals surface area contributed by atoms with Crippen LogP contribution in [0.5, 0.6) is 11.5 Å². The fraction of sp³-hybridized carbons (Fsp3) is 0.182. The highest BCUT2D eigenvalue weighted by molar-refractivity contribution is 6.39. The van der Waals surface area contributed by atoms with E-state index in [1.54, 1.807) is 45.4 Å². The van der Waals surface area contributed by atoms with Gasteiger partial charge in [0.15, 0.2) is 5.78 Å². The van der Waals surface area contributed by atoms with E-state index in [9.17, 15) is 4.79 Å². The average molecular weight is 690 g/mol. The van der Waals surface area contributed by atoms with E-state index < -0.39 is 40.4 Å². The van der Waals surface area contributed by atoms with Crippen LogP contribution in [-0.2, 0) is 30.0 Å². The van der Waals surface area contributed by atoms with Crippen molar-refractivity contribution in [1.82, 2.24) is 0 Å². The van der Waals surface area contributed by atoms with E-state index >= 15 is 14.4 Å². The Hall–Kier alpha value is -6.28. The molecular formula is C44H35NO7.